The monoisotopic (exact) mass is 340 g/mol. The summed E-state index contributed by atoms with van der Waals surface area (Å²) in [5, 5.41) is 0. The molecule has 1 aromatic carbocycles. The Bertz CT molecular complexity index is 583. The van der Waals surface area contributed by atoms with Crippen LogP contribution in [-0.4, -0.2) is 8.42 Å². The molecule has 0 aromatic heterocycles. The minimum Gasteiger partial charge on any atom is -0.207 e. The average molecular weight is 341 g/mol. The molecule has 0 spiro atoms. The Kier molecular flexibility index (Phi) is 4.36. The molecule has 0 aliphatic rings. The minimum atomic E-state index is -5.12. The van der Waals surface area contributed by atoms with Gasteiger partial charge in [0.05, 0.1) is 16.0 Å². The molecule has 0 aliphatic carbocycles. The van der Waals surface area contributed by atoms with Crippen LogP contribution in [0.1, 0.15) is 23.6 Å². The summed E-state index contributed by atoms with van der Waals surface area (Å²) < 4.78 is 98.6. The van der Waals surface area contributed by atoms with E-state index in [1.807, 2.05) is 0 Å². The van der Waals surface area contributed by atoms with Gasteiger partial charge in [-0.25, -0.2) is 8.42 Å². The topological polar surface area (TPSA) is 34.1 Å². The van der Waals surface area contributed by atoms with Crippen LogP contribution in [0.2, 0.25) is 0 Å². The van der Waals surface area contributed by atoms with Gasteiger partial charge in [0, 0.05) is 10.7 Å². The molecule has 0 heterocycles. The molecule has 1 rings (SSSR count). The van der Waals surface area contributed by atoms with Crippen LogP contribution < -0.4 is 0 Å². The number of rotatable bonds is 2. The molecule has 10 heteroatoms. The lowest BCUT2D eigenvalue weighted by Gasteiger charge is -2.18. The zero-order valence-electron chi connectivity index (χ0n) is 9.73. The zero-order chi connectivity index (χ0) is 15.9. The molecule has 114 valence electrons. The van der Waals surface area contributed by atoms with Crippen LogP contribution in [0.25, 0.3) is 0 Å². The normalized spacial score (nSPS) is 13.6. The van der Waals surface area contributed by atoms with Gasteiger partial charge in [-0.3, -0.25) is 0 Å². The number of hydrogen-bond donors (Lipinski definition) is 0. The molecule has 0 unspecified atom stereocenters. The van der Waals surface area contributed by atoms with Crippen LogP contribution in [0.15, 0.2) is 17.0 Å². The van der Waals surface area contributed by atoms with Crippen LogP contribution in [-0.2, 0) is 27.8 Å². The van der Waals surface area contributed by atoms with E-state index in [9.17, 15) is 34.8 Å². The zero-order valence-corrected chi connectivity index (χ0v) is 11.3. The quantitative estimate of drug-likeness (QED) is 0.597. The molecule has 0 fully saturated rings. The fourth-order valence-electron chi connectivity index (χ4n) is 1.67. The second-order valence-corrected chi connectivity index (χ2v) is 6.35. The van der Waals surface area contributed by atoms with Crippen molar-refractivity contribution in [2.24, 2.45) is 0 Å². The summed E-state index contributed by atoms with van der Waals surface area (Å²) in [6.45, 7) is 1.11. The molecular formula is C10H7ClF6O2S. The van der Waals surface area contributed by atoms with Crippen molar-refractivity contribution in [1.29, 1.82) is 0 Å². The van der Waals surface area contributed by atoms with Crippen molar-refractivity contribution in [2.45, 2.75) is 30.6 Å². The Labute approximate surface area is 114 Å². The van der Waals surface area contributed by atoms with E-state index in [0.29, 0.717) is 0 Å². The van der Waals surface area contributed by atoms with Crippen LogP contribution in [0.4, 0.5) is 26.3 Å². The van der Waals surface area contributed by atoms with Crippen LogP contribution >= 0.6 is 10.7 Å². The van der Waals surface area contributed by atoms with E-state index in [-0.39, 0.29) is 12.1 Å². The molecule has 0 atom stereocenters. The van der Waals surface area contributed by atoms with E-state index in [1.165, 1.54) is 0 Å². The van der Waals surface area contributed by atoms with Crippen LogP contribution in [0.3, 0.4) is 0 Å². The van der Waals surface area contributed by atoms with Gasteiger partial charge in [0.2, 0.25) is 0 Å². The van der Waals surface area contributed by atoms with E-state index >= 15 is 0 Å². The highest BCUT2D eigenvalue weighted by Gasteiger charge is 2.41. The Morgan fingerprint density at radius 3 is 1.55 bits per heavy atom. The van der Waals surface area contributed by atoms with Gasteiger partial charge in [0.25, 0.3) is 9.05 Å². The maximum Gasteiger partial charge on any atom is 0.416 e. The number of benzene rings is 1. The third-order valence-electron chi connectivity index (χ3n) is 2.47. The van der Waals surface area contributed by atoms with Gasteiger partial charge in [-0.15, -0.1) is 0 Å². The summed E-state index contributed by atoms with van der Waals surface area (Å²) in [5.74, 6) is 0. The van der Waals surface area contributed by atoms with Crippen molar-refractivity contribution in [3.63, 3.8) is 0 Å². The Morgan fingerprint density at radius 1 is 1.00 bits per heavy atom. The molecule has 0 radical (unpaired) electrons. The number of alkyl halides is 6. The summed E-state index contributed by atoms with van der Waals surface area (Å²) in [5.41, 5.74) is -4.34. The van der Waals surface area contributed by atoms with Gasteiger partial charge >= 0.3 is 12.4 Å². The van der Waals surface area contributed by atoms with Crippen molar-refractivity contribution in [1.82, 2.24) is 0 Å². The van der Waals surface area contributed by atoms with Crippen molar-refractivity contribution in [3.05, 3.63) is 28.8 Å². The minimum absolute atomic E-state index is 0.108. The van der Waals surface area contributed by atoms with Crippen LogP contribution in [0, 0.1) is 0 Å². The smallest absolute Gasteiger partial charge is 0.207 e. The average Bonchev–Trinajstić information content (AvgIpc) is 2.23. The standard InChI is InChI=1S/C10H7ClF6O2S/c1-2-6-7(9(12,13)14)3-5(20(11,18)19)4-8(6)10(15,16)17/h3-4H,2H2,1H3. The van der Waals surface area contributed by atoms with E-state index in [0.717, 1.165) is 6.92 Å². The van der Waals surface area contributed by atoms with Crippen molar-refractivity contribution in [3.8, 4) is 0 Å². The summed E-state index contributed by atoms with van der Waals surface area (Å²) in [7, 11) is 0.115. The van der Waals surface area contributed by atoms with Gasteiger partial charge in [0.15, 0.2) is 0 Å². The van der Waals surface area contributed by atoms with E-state index in [4.69, 9.17) is 10.7 Å². The lowest BCUT2D eigenvalue weighted by molar-refractivity contribution is -0.144. The van der Waals surface area contributed by atoms with Gasteiger partial charge < -0.3 is 0 Å². The molecule has 0 amide bonds. The summed E-state index contributed by atoms with van der Waals surface area (Å²) >= 11 is 0. The summed E-state index contributed by atoms with van der Waals surface area (Å²) in [6, 6.07) is 0.215. The second kappa shape index (κ2) is 5.10. The highest BCUT2D eigenvalue weighted by molar-refractivity contribution is 8.13. The van der Waals surface area contributed by atoms with E-state index in [2.05, 4.69) is 0 Å². The first-order valence-corrected chi connectivity index (χ1v) is 7.35. The molecule has 0 N–H and O–H groups in total. The third kappa shape index (κ3) is 3.57. The SMILES string of the molecule is CCc1c(C(F)(F)F)cc(S(=O)(=O)Cl)cc1C(F)(F)F. The first-order valence-electron chi connectivity index (χ1n) is 5.04. The first-order chi connectivity index (χ1) is 8.78. The predicted molar refractivity (Wildman–Crippen MR) is 58.9 cm³/mol. The lowest BCUT2D eigenvalue weighted by atomic mass is 9.98. The largest absolute Gasteiger partial charge is 0.416 e. The van der Waals surface area contributed by atoms with Gasteiger partial charge in [0.1, 0.15) is 0 Å². The lowest BCUT2D eigenvalue weighted by Crippen LogP contribution is -2.17. The fourth-order valence-corrected chi connectivity index (χ4v) is 2.46. The van der Waals surface area contributed by atoms with Gasteiger partial charge in [-0.05, 0) is 24.1 Å². The van der Waals surface area contributed by atoms with Crippen molar-refractivity contribution >= 4 is 19.7 Å². The van der Waals surface area contributed by atoms with Gasteiger partial charge in [-0.2, -0.15) is 26.3 Å². The first kappa shape index (κ1) is 17.1. The second-order valence-electron chi connectivity index (χ2n) is 3.78. The molecule has 0 aliphatic heterocycles. The Hall–Kier alpha value is -0.960. The van der Waals surface area contributed by atoms with Crippen molar-refractivity contribution in [2.75, 3.05) is 0 Å². The number of hydrogen-bond acceptors (Lipinski definition) is 2. The maximum atomic E-state index is 12.8. The molecule has 0 saturated carbocycles. The predicted octanol–water partition coefficient (Wildman–Crippen LogP) is 4.21. The Morgan fingerprint density at radius 2 is 1.35 bits per heavy atom. The van der Waals surface area contributed by atoms with Gasteiger partial charge in [-0.1, -0.05) is 6.92 Å². The third-order valence-corrected chi connectivity index (χ3v) is 3.80. The highest BCUT2D eigenvalue weighted by Crippen LogP contribution is 2.41. The van der Waals surface area contributed by atoms with Crippen LogP contribution in [0.5, 0.6) is 0 Å². The van der Waals surface area contributed by atoms with E-state index in [1.54, 1.807) is 0 Å². The van der Waals surface area contributed by atoms with Crippen molar-refractivity contribution < 1.29 is 34.8 Å². The highest BCUT2D eigenvalue weighted by atomic mass is 35.7. The summed E-state index contributed by atoms with van der Waals surface area (Å²) in [4.78, 5) is -1.24. The molecule has 0 saturated heterocycles. The molecular weight excluding hydrogens is 334 g/mol. The molecule has 20 heavy (non-hydrogen) atoms. The fraction of sp³-hybridized carbons (Fsp3) is 0.400. The molecule has 0 bridgehead atoms. The maximum absolute atomic E-state index is 12.8. The molecule has 2 nitrogen and oxygen atoms in total. The molecule has 1 aromatic rings. The number of halogens is 7. The summed E-state index contributed by atoms with van der Waals surface area (Å²) in [6.07, 6.45) is -10.8. The Balaban J connectivity index is 3.85. The van der Waals surface area contributed by atoms with E-state index < -0.39 is 49.4 Å².